The van der Waals surface area contributed by atoms with E-state index in [-0.39, 0.29) is 17.4 Å². The Morgan fingerprint density at radius 3 is 2.56 bits per heavy atom. The molecule has 5 heteroatoms. The summed E-state index contributed by atoms with van der Waals surface area (Å²) in [5, 5.41) is 4.11. The van der Waals surface area contributed by atoms with Gasteiger partial charge in [-0.1, -0.05) is 52.1 Å². The van der Waals surface area contributed by atoms with Gasteiger partial charge < -0.3 is 4.74 Å². The Morgan fingerprint density at radius 2 is 1.85 bits per heavy atom. The molecule has 0 aromatic rings. The Kier molecular flexibility index (Phi) is 7.92. The van der Waals surface area contributed by atoms with E-state index in [0.717, 1.165) is 48.9 Å². The van der Waals surface area contributed by atoms with Crippen molar-refractivity contribution in [1.82, 2.24) is 0 Å². The Labute approximate surface area is 207 Å². The molecule has 0 heterocycles. The van der Waals surface area contributed by atoms with Gasteiger partial charge in [0.25, 0.3) is 0 Å². The summed E-state index contributed by atoms with van der Waals surface area (Å²) in [6, 6.07) is 0.119. The molecule has 0 spiro atoms. The van der Waals surface area contributed by atoms with E-state index >= 15 is 0 Å². The normalized spacial score (nSPS) is 42.2. The maximum atomic E-state index is 11.9. The molecule has 9 atom stereocenters. The number of carbonyl (C=O) groups excluding carboxylic acids is 1. The molecule has 0 saturated heterocycles. The van der Waals surface area contributed by atoms with E-state index in [9.17, 15) is 4.79 Å². The zero-order chi connectivity index (χ0) is 24.5. The summed E-state index contributed by atoms with van der Waals surface area (Å²) in [6.45, 7) is 12.0. The molecule has 4 aliphatic rings. The third kappa shape index (κ3) is 4.75. The minimum absolute atomic E-state index is 0.0956. The van der Waals surface area contributed by atoms with Gasteiger partial charge in [0.15, 0.2) is 0 Å². The lowest BCUT2D eigenvalue weighted by atomic mass is 9.44. The fraction of sp³-hybridized carbons (Fsp3) is 0.966. The van der Waals surface area contributed by atoms with Crippen LogP contribution in [0.15, 0.2) is 5.11 Å². The highest BCUT2D eigenvalue weighted by Gasteiger charge is 2.62. The van der Waals surface area contributed by atoms with Gasteiger partial charge >= 0.3 is 5.97 Å². The molecular formula is C29H49N3O2. The molecule has 0 radical (unpaired) electrons. The predicted molar refractivity (Wildman–Crippen MR) is 137 cm³/mol. The molecule has 34 heavy (non-hydrogen) atoms. The summed E-state index contributed by atoms with van der Waals surface area (Å²) >= 11 is 0. The number of hydrogen-bond acceptors (Lipinski definition) is 3. The van der Waals surface area contributed by atoms with Crippen LogP contribution in [0.25, 0.3) is 10.4 Å². The topological polar surface area (TPSA) is 75.1 Å². The van der Waals surface area contributed by atoms with Gasteiger partial charge in [0.1, 0.15) is 0 Å². The molecule has 4 aliphatic carbocycles. The third-order valence-corrected chi connectivity index (χ3v) is 11.3. The average Bonchev–Trinajstić information content (AvgIpc) is 3.15. The van der Waals surface area contributed by atoms with Gasteiger partial charge in [-0.25, -0.2) is 0 Å². The summed E-state index contributed by atoms with van der Waals surface area (Å²) in [4.78, 5) is 15.0. The minimum Gasteiger partial charge on any atom is -0.465 e. The number of nitrogens with zero attached hydrogens (tertiary/aromatic N) is 3. The van der Waals surface area contributed by atoms with Crippen LogP contribution < -0.4 is 0 Å². The molecule has 0 aromatic heterocycles. The third-order valence-electron chi connectivity index (χ3n) is 11.3. The summed E-state index contributed by atoms with van der Waals surface area (Å²) in [5.74, 6) is 5.14. The molecular weight excluding hydrogens is 422 g/mol. The highest BCUT2D eigenvalue weighted by Crippen LogP contribution is 2.68. The molecule has 192 valence electrons. The van der Waals surface area contributed by atoms with Gasteiger partial charge in [-0.3, -0.25) is 4.79 Å². The Morgan fingerprint density at radius 1 is 1.06 bits per heavy atom. The zero-order valence-electron chi connectivity index (χ0n) is 22.5. The predicted octanol–water partition coefficient (Wildman–Crippen LogP) is 8.33. The first-order chi connectivity index (χ1) is 16.2. The molecule has 0 aromatic carbocycles. The maximum absolute atomic E-state index is 11.9. The Hall–Kier alpha value is -1.22. The molecule has 0 amide bonds. The van der Waals surface area contributed by atoms with Crippen LogP contribution in [0, 0.1) is 52.3 Å². The molecule has 0 bridgehead atoms. The lowest BCUT2D eigenvalue weighted by molar-refractivity contribution is -0.169. The number of fused-ring (bicyclic) bond motifs is 5. The number of esters is 1. The van der Waals surface area contributed by atoms with Gasteiger partial charge in [0, 0.05) is 23.3 Å². The summed E-state index contributed by atoms with van der Waals surface area (Å²) in [5.41, 5.74) is 9.59. The Bertz CT molecular complexity index is 777. The first-order valence-electron chi connectivity index (χ1n) is 14.4. The standard InChI is InChI=1S/C29H49N3O2/c1-19(2)7-6-8-20(3)25-11-12-26-24-10-9-22-17-23(31-32-30)13-16-29(22,18-34-21(4)33)27(24)14-15-28(25,26)5/h19-20,22-27H,6-18H2,1-5H3/t20-,22+,23-,24+,25-,26+,27+,28-,29-/m1/s1. The van der Waals surface area contributed by atoms with Crippen molar-refractivity contribution < 1.29 is 9.53 Å². The van der Waals surface area contributed by atoms with E-state index in [4.69, 9.17) is 10.3 Å². The van der Waals surface area contributed by atoms with Crippen LogP contribution in [0.1, 0.15) is 112 Å². The molecule has 4 fully saturated rings. The number of hydrogen-bond donors (Lipinski definition) is 0. The van der Waals surface area contributed by atoms with Crippen molar-refractivity contribution in [2.45, 2.75) is 118 Å². The first kappa shape index (κ1) is 25.9. The van der Waals surface area contributed by atoms with E-state index in [0.29, 0.717) is 23.9 Å². The van der Waals surface area contributed by atoms with Crippen LogP contribution in [0.3, 0.4) is 0 Å². The van der Waals surface area contributed by atoms with Gasteiger partial charge in [0.05, 0.1) is 6.61 Å². The highest BCUT2D eigenvalue weighted by molar-refractivity contribution is 5.65. The van der Waals surface area contributed by atoms with Gasteiger partial charge in [-0.05, 0) is 110 Å². The first-order valence-corrected chi connectivity index (χ1v) is 14.4. The van der Waals surface area contributed by atoms with E-state index in [2.05, 4.69) is 37.7 Å². The van der Waals surface area contributed by atoms with Crippen molar-refractivity contribution >= 4 is 5.97 Å². The molecule has 4 rings (SSSR count). The van der Waals surface area contributed by atoms with Crippen molar-refractivity contribution in [1.29, 1.82) is 0 Å². The number of ether oxygens (including phenoxy) is 1. The number of carbonyl (C=O) groups is 1. The van der Waals surface area contributed by atoms with E-state index < -0.39 is 0 Å². The lowest BCUT2D eigenvalue weighted by Crippen LogP contribution is -2.57. The van der Waals surface area contributed by atoms with Gasteiger partial charge in [0.2, 0.25) is 0 Å². The molecule has 0 unspecified atom stereocenters. The quantitative estimate of drug-likeness (QED) is 0.154. The molecule has 4 saturated carbocycles. The Balaban J connectivity index is 1.52. The van der Waals surface area contributed by atoms with E-state index in [1.54, 1.807) is 6.92 Å². The second kappa shape index (κ2) is 10.4. The van der Waals surface area contributed by atoms with Crippen LogP contribution >= 0.6 is 0 Å². The second-order valence-electron chi connectivity index (χ2n) is 13.3. The van der Waals surface area contributed by atoms with Gasteiger partial charge in [-0.15, -0.1) is 0 Å². The van der Waals surface area contributed by atoms with E-state index in [1.807, 2.05) is 0 Å². The van der Waals surface area contributed by atoms with Crippen LogP contribution in [0.4, 0.5) is 0 Å². The lowest BCUT2D eigenvalue weighted by Gasteiger charge is -2.62. The van der Waals surface area contributed by atoms with Gasteiger partial charge in [-0.2, -0.15) is 0 Å². The maximum Gasteiger partial charge on any atom is 0.302 e. The summed E-state index contributed by atoms with van der Waals surface area (Å²) < 4.78 is 5.80. The molecule has 5 nitrogen and oxygen atoms in total. The van der Waals surface area contributed by atoms with Crippen LogP contribution in [0.5, 0.6) is 0 Å². The number of azide groups is 1. The van der Waals surface area contributed by atoms with Crippen LogP contribution in [-0.2, 0) is 9.53 Å². The van der Waals surface area contributed by atoms with E-state index in [1.165, 1.54) is 57.8 Å². The van der Waals surface area contributed by atoms with Crippen molar-refractivity contribution in [3.8, 4) is 0 Å². The summed E-state index contributed by atoms with van der Waals surface area (Å²) in [7, 11) is 0. The monoisotopic (exact) mass is 471 g/mol. The molecule has 0 aliphatic heterocycles. The average molecular weight is 472 g/mol. The van der Waals surface area contributed by atoms with Crippen molar-refractivity contribution in [2.75, 3.05) is 6.61 Å². The fourth-order valence-electron chi connectivity index (χ4n) is 9.75. The SMILES string of the molecule is CC(=O)OC[C@]12CC[C@@H](N=[N+]=[N-])C[C@@H]1CC[C@H]1[C@@H]3CC[C@H]([C@H](C)CCCC(C)C)[C@@]3(C)CC[C@@H]12. The second-order valence-corrected chi connectivity index (χ2v) is 13.3. The largest absolute Gasteiger partial charge is 0.465 e. The van der Waals surface area contributed by atoms with Crippen molar-refractivity contribution in [3.63, 3.8) is 0 Å². The van der Waals surface area contributed by atoms with Crippen molar-refractivity contribution in [2.24, 2.45) is 57.4 Å². The zero-order valence-corrected chi connectivity index (χ0v) is 22.5. The highest BCUT2D eigenvalue weighted by atomic mass is 16.5. The van der Waals surface area contributed by atoms with Crippen LogP contribution in [-0.4, -0.2) is 18.6 Å². The smallest absolute Gasteiger partial charge is 0.302 e. The van der Waals surface area contributed by atoms with Crippen molar-refractivity contribution in [3.05, 3.63) is 10.4 Å². The minimum atomic E-state index is -0.149. The molecule has 0 N–H and O–H groups in total. The van der Waals surface area contributed by atoms with Crippen LogP contribution in [0.2, 0.25) is 0 Å². The number of rotatable bonds is 8. The summed E-state index contributed by atoms with van der Waals surface area (Å²) in [6.07, 6.45) is 15.1. The fourth-order valence-corrected chi connectivity index (χ4v) is 9.75.